The van der Waals surface area contributed by atoms with Crippen molar-refractivity contribution in [3.8, 4) is 11.5 Å². The second-order valence-electron chi connectivity index (χ2n) is 5.03. The third kappa shape index (κ3) is 2.85. The molecular formula is C15H23NO3. The van der Waals surface area contributed by atoms with Crippen molar-refractivity contribution in [3.63, 3.8) is 0 Å². The zero-order chi connectivity index (χ0) is 13.8. The predicted octanol–water partition coefficient (Wildman–Crippen LogP) is 1.97. The molecule has 1 aromatic carbocycles. The Morgan fingerprint density at radius 3 is 2.74 bits per heavy atom. The number of hydrogen-bond acceptors (Lipinski definition) is 4. The maximum Gasteiger partial charge on any atom is 0.129 e. The van der Waals surface area contributed by atoms with Crippen LogP contribution < -0.4 is 9.47 Å². The molecule has 2 rings (SSSR count). The summed E-state index contributed by atoms with van der Waals surface area (Å²) in [4.78, 5) is 2.32. The fourth-order valence-electron chi connectivity index (χ4n) is 2.89. The number of rotatable bonds is 5. The molecule has 0 saturated carbocycles. The van der Waals surface area contributed by atoms with Crippen LogP contribution >= 0.6 is 0 Å². The van der Waals surface area contributed by atoms with E-state index in [2.05, 4.69) is 11.0 Å². The molecule has 0 aromatic heterocycles. The van der Waals surface area contributed by atoms with Crippen molar-refractivity contribution in [2.24, 2.45) is 0 Å². The first-order valence-corrected chi connectivity index (χ1v) is 6.76. The van der Waals surface area contributed by atoms with Crippen molar-refractivity contribution in [2.45, 2.75) is 32.4 Å². The van der Waals surface area contributed by atoms with E-state index in [0.717, 1.165) is 48.6 Å². The predicted molar refractivity (Wildman–Crippen MR) is 74.8 cm³/mol. The second kappa shape index (κ2) is 6.26. The highest BCUT2D eigenvalue weighted by atomic mass is 16.5. The molecule has 0 radical (unpaired) electrons. The fourth-order valence-corrected chi connectivity index (χ4v) is 2.89. The molecule has 0 aliphatic carbocycles. The second-order valence-corrected chi connectivity index (χ2v) is 5.03. The normalized spacial score (nSPS) is 19.7. The minimum atomic E-state index is 0.234. The summed E-state index contributed by atoms with van der Waals surface area (Å²) in [7, 11) is 3.36. The van der Waals surface area contributed by atoms with Crippen molar-refractivity contribution < 1.29 is 14.6 Å². The zero-order valence-electron chi connectivity index (χ0n) is 12.0. The lowest BCUT2D eigenvalue weighted by molar-refractivity contribution is 0.152. The SMILES string of the molecule is COc1ccc(CN2CCC[C@@H]2CO)c(OC)c1C. The first-order valence-electron chi connectivity index (χ1n) is 6.76. The largest absolute Gasteiger partial charge is 0.496 e. The van der Waals surface area contributed by atoms with Gasteiger partial charge in [-0.15, -0.1) is 0 Å². The molecule has 0 amide bonds. The summed E-state index contributed by atoms with van der Waals surface area (Å²) in [6, 6.07) is 4.32. The molecule has 1 aliphatic heterocycles. The van der Waals surface area contributed by atoms with Crippen molar-refractivity contribution >= 4 is 0 Å². The van der Waals surface area contributed by atoms with Crippen LogP contribution in [0.2, 0.25) is 0 Å². The molecule has 106 valence electrons. The Hall–Kier alpha value is -1.26. The quantitative estimate of drug-likeness (QED) is 0.884. The van der Waals surface area contributed by atoms with E-state index in [1.54, 1.807) is 14.2 Å². The highest BCUT2D eigenvalue weighted by molar-refractivity contribution is 5.49. The van der Waals surface area contributed by atoms with E-state index in [4.69, 9.17) is 9.47 Å². The zero-order valence-corrected chi connectivity index (χ0v) is 12.0. The molecule has 1 saturated heterocycles. The smallest absolute Gasteiger partial charge is 0.129 e. The highest BCUT2D eigenvalue weighted by Crippen LogP contribution is 2.33. The summed E-state index contributed by atoms with van der Waals surface area (Å²) in [5, 5.41) is 9.38. The van der Waals surface area contributed by atoms with Crippen LogP contribution in [0, 0.1) is 6.92 Å². The molecule has 1 N–H and O–H groups in total. The molecule has 4 heteroatoms. The number of likely N-dealkylation sites (tertiary alicyclic amines) is 1. The van der Waals surface area contributed by atoms with E-state index >= 15 is 0 Å². The molecule has 1 heterocycles. The summed E-state index contributed by atoms with van der Waals surface area (Å²) in [6.45, 7) is 4.10. The first-order chi connectivity index (χ1) is 9.21. The van der Waals surface area contributed by atoms with Crippen molar-refractivity contribution in [2.75, 3.05) is 27.4 Å². The van der Waals surface area contributed by atoms with Crippen LogP contribution in [0.1, 0.15) is 24.0 Å². The van der Waals surface area contributed by atoms with Crippen LogP contribution in [0.5, 0.6) is 11.5 Å². The number of ether oxygens (including phenoxy) is 2. The number of nitrogens with zero attached hydrogens (tertiary/aromatic N) is 1. The van der Waals surface area contributed by atoms with Gasteiger partial charge in [0.2, 0.25) is 0 Å². The minimum absolute atomic E-state index is 0.234. The van der Waals surface area contributed by atoms with Crippen molar-refractivity contribution in [1.82, 2.24) is 4.90 Å². The summed E-state index contributed by atoms with van der Waals surface area (Å²) in [5.41, 5.74) is 2.18. The lowest BCUT2D eigenvalue weighted by Gasteiger charge is -2.24. The van der Waals surface area contributed by atoms with Gasteiger partial charge in [-0.1, -0.05) is 6.07 Å². The Bertz CT molecular complexity index is 434. The summed E-state index contributed by atoms with van der Waals surface area (Å²) >= 11 is 0. The van der Waals surface area contributed by atoms with Gasteiger partial charge in [0, 0.05) is 23.7 Å². The number of hydrogen-bond donors (Lipinski definition) is 1. The molecular weight excluding hydrogens is 242 g/mol. The maximum atomic E-state index is 9.38. The molecule has 19 heavy (non-hydrogen) atoms. The van der Waals surface area contributed by atoms with Crippen LogP contribution in [0.3, 0.4) is 0 Å². The fraction of sp³-hybridized carbons (Fsp3) is 0.600. The number of benzene rings is 1. The maximum absolute atomic E-state index is 9.38. The van der Waals surface area contributed by atoms with Gasteiger partial charge in [0.1, 0.15) is 11.5 Å². The van der Waals surface area contributed by atoms with Gasteiger partial charge in [-0.3, -0.25) is 4.90 Å². The highest BCUT2D eigenvalue weighted by Gasteiger charge is 2.25. The molecule has 1 aromatic rings. The number of aliphatic hydroxyl groups is 1. The van der Waals surface area contributed by atoms with Gasteiger partial charge in [0.15, 0.2) is 0 Å². The van der Waals surface area contributed by atoms with Gasteiger partial charge in [0.25, 0.3) is 0 Å². The molecule has 4 nitrogen and oxygen atoms in total. The van der Waals surface area contributed by atoms with Gasteiger partial charge >= 0.3 is 0 Å². The third-order valence-corrected chi connectivity index (χ3v) is 3.95. The van der Waals surface area contributed by atoms with Crippen LogP contribution in [-0.4, -0.2) is 43.4 Å². The summed E-state index contributed by atoms with van der Waals surface area (Å²) in [5.74, 6) is 1.74. The molecule has 1 atom stereocenters. The molecule has 0 spiro atoms. The topological polar surface area (TPSA) is 41.9 Å². The molecule has 1 aliphatic rings. The van der Waals surface area contributed by atoms with E-state index in [-0.39, 0.29) is 12.6 Å². The number of aliphatic hydroxyl groups excluding tert-OH is 1. The first kappa shape index (κ1) is 14.2. The summed E-state index contributed by atoms with van der Waals surface area (Å²) in [6.07, 6.45) is 2.23. The van der Waals surface area contributed by atoms with E-state index in [9.17, 15) is 5.11 Å². The van der Waals surface area contributed by atoms with Crippen LogP contribution in [0.25, 0.3) is 0 Å². The van der Waals surface area contributed by atoms with E-state index in [0.29, 0.717) is 0 Å². The van der Waals surface area contributed by atoms with Gasteiger partial charge in [-0.2, -0.15) is 0 Å². The van der Waals surface area contributed by atoms with Crippen LogP contribution in [0.15, 0.2) is 12.1 Å². The van der Waals surface area contributed by atoms with Crippen molar-refractivity contribution in [1.29, 1.82) is 0 Å². The molecule has 0 unspecified atom stereocenters. The van der Waals surface area contributed by atoms with Crippen LogP contribution in [-0.2, 0) is 6.54 Å². The summed E-state index contributed by atoms with van der Waals surface area (Å²) < 4.78 is 10.8. The number of methoxy groups -OCH3 is 2. The van der Waals surface area contributed by atoms with E-state index in [1.807, 2.05) is 13.0 Å². The minimum Gasteiger partial charge on any atom is -0.496 e. The molecule has 0 bridgehead atoms. The van der Waals surface area contributed by atoms with Gasteiger partial charge in [0.05, 0.1) is 20.8 Å². The average Bonchev–Trinajstić information content (AvgIpc) is 2.86. The lowest BCUT2D eigenvalue weighted by Crippen LogP contribution is -2.31. The monoisotopic (exact) mass is 265 g/mol. The van der Waals surface area contributed by atoms with Gasteiger partial charge < -0.3 is 14.6 Å². The van der Waals surface area contributed by atoms with Crippen molar-refractivity contribution in [3.05, 3.63) is 23.3 Å². The Balaban J connectivity index is 2.22. The Morgan fingerprint density at radius 1 is 1.32 bits per heavy atom. The van der Waals surface area contributed by atoms with E-state index < -0.39 is 0 Å². The van der Waals surface area contributed by atoms with Crippen LogP contribution in [0.4, 0.5) is 0 Å². The third-order valence-electron chi connectivity index (χ3n) is 3.95. The van der Waals surface area contributed by atoms with Gasteiger partial charge in [-0.25, -0.2) is 0 Å². The van der Waals surface area contributed by atoms with E-state index in [1.165, 1.54) is 0 Å². The average molecular weight is 265 g/mol. The molecule has 1 fully saturated rings. The Morgan fingerprint density at radius 2 is 2.11 bits per heavy atom. The Kier molecular flexibility index (Phi) is 4.66. The van der Waals surface area contributed by atoms with Gasteiger partial charge in [-0.05, 0) is 32.4 Å². The Labute approximate surface area is 114 Å². The standard InChI is InChI=1S/C15H23NO3/c1-11-14(18-2)7-6-12(15(11)19-3)9-16-8-4-5-13(16)10-17/h6-7,13,17H,4-5,8-10H2,1-3H3/t13-/m1/s1. The lowest BCUT2D eigenvalue weighted by atomic mass is 10.1.